The summed E-state index contributed by atoms with van der Waals surface area (Å²) in [6, 6.07) is 17.9. The Hall–Kier alpha value is -3.78. The predicted molar refractivity (Wildman–Crippen MR) is 123 cm³/mol. The lowest BCUT2D eigenvalue weighted by molar-refractivity contribution is -0.118. The van der Waals surface area contributed by atoms with Gasteiger partial charge in [-0.3, -0.25) is 4.79 Å². The van der Waals surface area contributed by atoms with Crippen molar-refractivity contribution in [1.82, 2.24) is 15.3 Å². The van der Waals surface area contributed by atoms with Crippen molar-refractivity contribution >= 4 is 23.5 Å². The molecule has 0 saturated heterocycles. The number of carbonyl (C=O) groups excluding carboxylic acids is 1. The number of benzene rings is 2. The molecule has 2 aromatic carbocycles. The summed E-state index contributed by atoms with van der Waals surface area (Å²) < 4.78 is 0. The highest BCUT2D eigenvalue weighted by Gasteiger charge is 2.18. The van der Waals surface area contributed by atoms with Gasteiger partial charge in [0.2, 0.25) is 5.91 Å². The van der Waals surface area contributed by atoms with E-state index in [1.54, 1.807) is 30.3 Å². The summed E-state index contributed by atoms with van der Waals surface area (Å²) in [5.74, 6) is -0.129. The number of rotatable bonds is 11. The van der Waals surface area contributed by atoms with Crippen molar-refractivity contribution in [1.29, 1.82) is 0 Å². The van der Waals surface area contributed by atoms with Gasteiger partial charge in [0.25, 0.3) is 0 Å². The molecule has 1 aromatic heterocycles. The van der Waals surface area contributed by atoms with E-state index >= 15 is 0 Å². The summed E-state index contributed by atoms with van der Waals surface area (Å²) in [6.45, 7) is 3.11. The Bertz CT molecular complexity index is 1030. The van der Waals surface area contributed by atoms with E-state index < -0.39 is 5.97 Å². The summed E-state index contributed by atoms with van der Waals surface area (Å²) in [6.07, 6.45) is 2.97. The van der Waals surface area contributed by atoms with Gasteiger partial charge in [-0.15, -0.1) is 0 Å². The molecule has 0 aliphatic carbocycles. The van der Waals surface area contributed by atoms with E-state index in [9.17, 15) is 9.59 Å². The van der Waals surface area contributed by atoms with Crippen LogP contribution in [0.15, 0.2) is 67.0 Å². The lowest BCUT2D eigenvalue weighted by Crippen LogP contribution is -2.40. The van der Waals surface area contributed by atoms with Gasteiger partial charge in [-0.05, 0) is 29.7 Å². The molecular weight excluding hydrogens is 406 g/mol. The average Bonchev–Trinajstić information content (AvgIpc) is 2.81. The molecule has 0 saturated carbocycles. The van der Waals surface area contributed by atoms with E-state index in [0.29, 0.717) is 31.1 Å². The van der Waals surface area contributed by atoms with Gasteiger partial charge in [0, 0.05) is 19.2 Å². The number of carbonyl (C=O) groups is 2. The van der Waals surface area contributed by atoms with Crippen LogP contribution in [0.3, 0.4) is 0 Å². The van der Waals surface area contributed by atoms with Crippen LogP contribution in [-0.2, 0) is 17.9 Å². The zero-order valence-electron chi connectivity index (χ0n) is 17.9. The molecule has 0 aliphatic rings. The first-order valence-electron chi connectivity index (χ1n) is 10.5. The first-order valence-corrected chi connectivity index (χ1v) is 10.5. The number of aromatic carboxylic acids is 1. The molecule has 0 aliphatic heterocycles. The third-order valence-corrected chi connectivity index (χ3v) is 4.88. The smallest absolute Gasteiger partial charge is 0.335 e. The Labute approximate surface area is 187 Å². The van der Waals surface area contributed by atoms with E-state index in [1.807, 2.05) is 37.3 Å². The summed E-state index contributed by atoms with van der Waals surface area (Å²) >= 11 is 0. The van der Waals surface area contributed by atoms with Crippen LogP contribution in [0.5, 0.6) is 0 Å². The molecule has 1 unspecified atom stereocenters. The number of hydrogen-bond acceptors (Lipinski definition) is 6. The second kappa shape index (κ2) is 11.6. The zero-order valence-corrected chi connectivity index (χ0v) is 17.9. The fourth-order valence-corrected chi connectivity index (χ4v) is 3.14. The van der Waals surface area contributed by atoms with E-state index in [-0.39, 0.29) is 17.5 Å². The third-order valence-electron chi connectivity index (χ3n) is 4.88. The Morgan fingerprint density at radius 1 is 0.938 bits per heavy atom. The normalized spacial score (nSPS) is 11.5. The van der Waals surface area contributed by atoms with Gasteiger partial charge in [0.15, 0.2) is 0 Å². The van der Waals surface area contributed by atoms with E-state index in [1.165, 1.54) is 6.33 Å². The van der Waals surface area contributed by atoms with E-state index in [0.717, 1.165) is 17.5 Å². The molecule has 1 amide bonds. The summed E-state index contributed by atoms with van der Waals surface area (Å²) in [4.78, 5) is 32.1. The van der Waals surface area contributed by atoms with Crippen LogP contribution >= 0.6 is 0 Å². The number of anilines is 2. The van der Waals surface area contributed by atoms with Crippen LogP contribution in [0, 0.1) is 0 Å². The molecule has 3 rings (SSSR count). The molecule has 32 heavy (non-hydrogen) atoms. The number of carboxylic acid groups (broad SMARTS) is 1. The number of amides is 1. The number of carboxylic acids is 1. The molecule has 8 heteroatoms. The van der Waals surface area contributed by atoms with Crippen LogP contribution < -0.4 is 16.0 Å². The van der Waals surface area contributed by atoms with Crippen molar-refractivity contribution in [3.63, 3.8) is 0 Å². The second-order valence-corrected chi connectivity index (χ2v) is 7.34. The maximum Gasteiger partial charge on any atom is 0.335 e. The van der Waals surface area contributed by atoms with Gasteiger partial charge in [-0.25, -0.2) is 14.8 Å². The highest BCUT2D eigenvalue weighted by Crippen LogP contribution is 2.12. The predicted octanol–water partition coefficient (Wildman–Crippen LogP) is 3.68. The summed E-state index contributed by atoms with van der Waals surface area (Å²) in [7, 11) is 0. The van der Waals surface area contributed by atoms with Crippen LogP contribution in [-0.4, -0.2) is 33.0 Å². The van der Waals surface area contributed by atoms with Crippen molar-refractivity contribution in [3.8, 4) is 0 Å². The quantitative estimate of drug-likeness (QED) is 0.364. The van der Waals surface area contributed by atoms with Gasteiger partial charge >= 0.3 is 5.97 Å². The number of aromatic nitrogens is 2. The molecule has 3 aromatic rings. The fourth-order valence-electron chi connectivity index (χ4n) is 3.14. The first-order chi connectivity index (χ1) is 15.5. The van der Waals surface area contributed by atoms with Gasteiger partial charge in [0.05, 0.1) is 11.6 Å². The van der Waals surface area contributed by atoms with Crippen LogP contribution in [0.4, 0.5) is 11.6 Å². The van der Waals surface area contributed by atoms with Gasteiger partial charge in [-0.2, -0.15) is 0 Å². The lowest BCUT2D eigenvalue weighted by Gasteiger charge is -2.18. The molecule has 1 atom stereocenters. The van der Waals surface area contributed by atoms with Gasteiger partial charge in [0.1, 0.15) is 18.0 Å². The monoisotopic (exact) mass is 433 g/mol. The Morgan fingerprint density at radius 2 is 1.62 bits per heavy atom. The zero-order chi connectivity index (χ0) is 22.8. The maximum atomic E-state index is 12.8. The number of nitrogens with zero attached hydrogens (tertiary/aromatic N) is 2. The topological polar surface area (TPSA) is 116 Å². The summed E-state index contributed by atoms with van der Waals surface area (Å²) in [5.41, 5.74) is 2.27. The second-order valence-electron chi connectivity index (χ2n) is 7.34. The Kier molecular flexibility index (Phi) is 8.28. The Morgan fingerprint density at radius 3 is 2.31 bits per heavy atom. The Balaban J connectivity index is 1.56. The molecule has 0 radical (unpaired) electrons. The summed E-state index contributed by atoms with van der Waals surface area (Å²) in [5, 5.41) is 18.3. The fraction of sp³-hybridized carbons (Fsp3) is 0.250. The molecule has 1 heterocycles. The number of hydrogen-bond donors (Lipinski definition) is 4. The highest BCUT2D eigenvalue weighted by molar-refractivity contribution is 5.94. The molecule has 166 valence electrons. The molecular formula is C24H27N5O3. The van der Waals surface area contributed by atoms with Crippen LogP contribution in [0.2, 0.25) is 0 Å². The van der Waals surface area contributed by atoms with Crippen molar-refractivity contribution in [3.05, 3.63) is 83.7 Å². The van der Waals surface area contributed by atoms with E-state index in [4.69, 9.17) is 5.11 Å². The van der Waals surface area contributed by atoms with Crippen LogP contribution in [0.1, 0.15) is 41.3 Å². The minimum absolute atomic E-state index is 0.142. The molecule has 8 nitrogen and oxygen atoms in total. The largest absolute Gasteiger partial charge is 0.478 e. The van der Waals surface area contributed by atoms with Crippen molar-refractivity contribution in [2.45, 2.75) is 38.9 Å². The molecule has 0 fully saturated rings. The van der Waals surface area contributed by atoms with Crippen molar-refractivity contribution in [2.24, 2.45) is 0 Å². The highest BCUT2D eigenvalue weighted by atomic mass is 16.4. The van der Waals surface area contributed by atoms with E-state index in [2.05, 4.69) is 25.9 Å². The molecule has 0 spiro atoms. The van der Waals surface area contributed by atoms with Gasteiger partial charge < -0.3 is 21.1 Å². The minimum Gasteiger partial charge on any atom is -0.478 e. The van der Waals surface area contributed by atoms with Crippen LogP contribution in [0.25, 0.3) is 0 Å². The SMILES string of the molecule is CCCC(NCc1ccccc1)C(=O)Nc1cc(NCc2ccc(C(=O)O)cc2)ncn1. The average molecular weight is 434 g/mol. The minimum atomic E-state index is -0.958. The third kappa shape index (κ3) is 6.88. The lowest BCUT2D eigenvalue weighted by atomic mass is 10.1. The van der Waals surface area contributed by atoms with Gasteiger partial charge in [-0.1, -0.05) is 55.8 Å². The number of nitrogens with one attached hydrogen (secondary N) is 3. The van der Waals surface area contributed by atoms with Crippen molar-refractivity contribution < 1.29 is 14.7 Å². The standard InChI is InChI=1S/C24H27N5O3/c1-2-6-20(25-14-17-7-4-3-5-8-17)23(30)29-22-13-21(27-16-28-22)26-15-18-9-11-19(12-10-18)24(31)32/h3-5,7-13,16,20,25H,2,6,14-15H2,1H3,(H,31,32)(H2,26,27,28,29,30). The maximum absolute atomic E-state index is 12.8. The molecule has 4 N–H and O–H groups in total. The first kappa shape index (κ1) is 22.9. The molecule has 0 bridgehead atoms. The van der Waals surface area contributed by atoms with Crippen molar-refractivity contribution in [2.75, 3.05) is 10.6 Å².